The summed E-state index contributed by atoms with van der Waals surface area (Å²) in [5.74, 6) is 0. The van der Waals surface area contributed by atoms with Crippen molar-refractivity contribution in [2.75, 3.05) is 13.1 Å². The molecule has 70 valence electrons. The molecule has 0 radical (unpaired) electrons. The number of nitrogens with zero attached hydrogens (tertiary/aromatic N) is 2. The third-order valence-electron chi connectivity index (χ3n) is 2.97. The van der Waals surface area contributed by atoms with Gasteiger partial charge >= 0.3 is 0 Å². The van der Waals surface area contributed by atoms with Gasteiger partial charge in [0, 0.05) is 11.8 Å². The van der Waals surface area contributed by atoms with Gasteiger partial charge in [0.25, 0.3) is 0 Å². The highest BCUT2D eigenvalue weighted by molar-refractivity contribution is 6.04. The van der Waals surface area contributed by atoms with Crippen LogP contribution in [0.4, 0.5) is 0 Å². The van der Waals surface area contributed by atoms with E-state index < -0.39 is 0 Å². The van der Waals surface area contributed by atoms with Crippen molar-refractivity contribution in [1.29, 1.82) is 5.26 Å². The summed E-state index contributed by atoms with van der Waals surface area (Å²) in [6, 6.07) is 2.11. The van der Waals surface area contributed by atoms with Crippen molar-refractivity contribution in [1.82, 2.24) is 4.81 Å². The van der Waals surface area contributed by atoms with Crippen LogP contribution in [0, 0.1) is 16.7 Å². The van der Waals surface area contributed by atoms with E-state index in [-0.39, 0.29) is 5.41 Å². The van der Waals surface area contributed by atoms with Gasteiger partial charge in [0.05, 0.1) is 6.07 Å². The first kappa shape index (κ1) is 10.3. The van der Waals surface area contributed by atoms with Gasteiger partial charge in [-0.1, -0.05) is 0 Å². The quantitative estimate of drug-likeness (QED) is 0.455. The third-order valence-corrected chi connectivity index (χ3v) is 2.97. The van der Waals surface area contributed by atoms with Crippen LogP contribution in [0.1, 0.15) is 25.7 Å². The van der Waals surface area contributed by atoms with E-state index >= 15 is 0 Å². The maximum absolute atomic E-state index is 11.0. The Balaban J connectivity index is 2.51. The summed E-state index contributed by atoms with van der Waals surface area (Å²) in [5.41, 5.74) is -0.192. The summed E-state index contributed by atoms with van der Waals surface area (Å²) in [6.45, 7) is 1.95. The Morgan fingerprint density at radius 2 is 2.15 bits per heavy atom. The van der Waals surface area contributed by atoms with Crippen molar-refractivity contribution in [3.8, 4) is 6.07 Å². The topological polar surface area (TPSA) is 44.1 Å². The third kappa shape index (κ3) is 2.56. The molecule has 0 spiro atoms. The molecule has 1 heterocycles. The van der Waals surface area contributed by atoms with Crippen molar-refractivity contribution in [3.05, 3.63) is 0 Å². The number of hydrogen-bond donors (Lipinski definition) is 0. The molecule has 0 aliphatic carbocycles. The average Bonchev–Trinajstić information content (AvgIpc) is 2.18. The van der Waals surface area contributed by atoms with Gasteiger partial charge in [0.15, 0.2) is 7.98 Å². The summed E-state index contributed by atoms with van der Waals surface area (Å²) in [5, 5.41) is 8.48. The number of carbonyl (C=O) groups is 1. The highest BCUT2D eigenvalue weighted by Gasteiger charge is 2.32. The van der Waals surface area contributed by atoms with Gasteiger partial charge in [-0.3, -0.25) is 0 Å². The number of nitriles is 1. The second-order valence-electron chi connectivity index (χ2n) is 3.94. The number of piperidine rings is 1. The molecule has 3 nitrogen and oxygen atoms in total. The lowest BCUT2D eigenvalue weighted by Crippen LogP contribution is -2.39. The number of carbonyl (C=O) groups excluding carboxylic acids is 1. The molecule has 1 fully saturated rings. The summed E-state index contributed by atoms with van der Waals surface area (Å²) in [6.07, 6.45) is 4.13. The fourth-order valence-electron chi connectivity index (χ4n) is 1.80. The van der Waals surface area contributed by atoms with Crippen molar-refractivity contribution in [3.63, 3.8) is 0 Å². The van der Waals surface area contributed by atoms with Gasteiger partial charge in [0.1, 0.15) is 6.29 Å². The first-order valence-electron chi connectivity index (χ1n) is 4.74. The molecular weight excluding hydrogens is 163 g/mol. The molecule has 4 heteroatoms. The van der Waals surface area contributed by atoms with E-state index in [0.29, 0.717) is 6.42 Å². The zero-order chi connectivity index (χ0) is 9.73. The Hall–Kier alpha value is -0.815. The predicted octanol–water partition coefficient (Wildman–Crippen LogP) is 0.119. The van der Waals surface area contributed by atoms with E-state index in [1.807, 2.05) is 0 Å². The highest BCUT2D eigenvalue weighted by Crippen LogP contribution is 2.33. The lowest BCUT2D eigenvalue weighted by Gasteiger charge is -2.36. The fraction of sp³-hybridized carbons (Fsp3) is 0.778. The van der Waals surface area contributed by atoms with E-state index in [9.17, 15) is 4.79 Å². The van der Waals surface area contributed by atoms with Crippen LogP contribution in [0.15, 0.2) is 0 Å². The first-order chi connectivity index (χ1) is 6.22. The molecule has 1 saturated heterocycles. The van der Waals surface area contributed by atoms with Gasteiger partial charge in [-0.15, -0.1) is 0 Å². The van der Waals surface area contributed by atoms with Crippen LogP contribution < -0.4 is 0 Å². The second kappa shape index (κ2) is 4.43. The monoisotopic (exact) mass is 178 g/mol. The summed E-state index contributed by atoms with van der Waals surface area (Å²) < 4.78 is 0. The van der Waals surface area contributed by atoms with Crippen LogP contribution >= 0.6 is 0 Å². The minimum Gasteiger partial charge on any atom is -0.349 e. The molecule has 0 aromatic rings. The molecular formula is C9H15BN2O. The van der Waals surface area contributed by atoms with Crippen molar-refractivity contribution in [2.45, 2.75) is 25.7 Å². The minimum absolute atomic E-state index is 0.192. The Kier molecular flexibility index (Phi) is 3.50. The molecule has 0 N–H and O–H groups in total. The summed E-state index contributed by atoms with van der Waals surface area (Å²) >= 11 is 0. The van der Waals surface area contributed by atoms with Crippen molar-refractivity contribution < 1.29 is 4.79 Å². The van der Waals surface area contributed by atoms with Crippen LogP contribution in [0.5, 0.6) is 0 Å². The van der Waals surface area contributed by atoms with Gasteiger partial charge in [-0.05, 0) is 32.4 Å². The lowest BCUT2D eigenvalue weighted by atomic mass is 9.75. The van der Waals surface area contributed by atoms with E-state index in [0.717, 1.165) is 38.6 Å². The van der Waals surface area contributed by atoms with E-state index in [4.69, 9.17) is 5.26 Å². The Morgan fingerprint density at radius 3 is 2.62 bits per heavy atom. The Morgan fingerprint density at radius 1 is 1.54 bits per heavy atom. The van der Waals surface area contributed by atoms with Crippen molar-refractivity contribution >= 4 is 14.3 Å². The molecule has 0 aromatic carbocycles. The van der Waals surface area contributed by atoms with Crippen LogP contribution in [0.25, 0.3) is 0 Å². The lowest BCUT2D eigenvalue weighted by molar-refractivity contribution is -0.118. The van der Waals surface area contributed by atoms with E-state index in [1.54, 1.807) is 0 Å². The van der Waals surface area contributed by atoms with Crippen LogP contribution in [-0.4, -0.2) is 32.2 Å². The normalized spacial score (nSPS) is 22.1. The zero-order valence-corrected chi connectivity index (χ0v) is 8.12. The summed E-state index contributed by atoms with van der Waals surface area (Å²) in [7, 11) is 2.07. The summed E-state index contributed by atoms with van der Waals surface area (Å²) in [4.78, 5) is 13.2. The highest BCUT2D eigenvalue weighted by atomic mass is 16.1. The first-order valence-corrected chi connectivity index (χ1v) is 4.74. The maximum atomic E-state index is 11.0. The second-order valence-corrected chi connectivity index (χ2v) is 3.94. The largest absolute Gasteiger partial charge is 0.349 e. The van der Waals surface area contributed by atoms with Gasteiger partial charge in [-0.25, -0.2) is 0 Å². The molecule has 0 amide bonds. The number of hydrogen-bond acceptors (Lipinski definition) is 3. The maximum Gasteiger partial charge on any atom is 0.185 e. The van der Waals surface area contributed by atoms with Gasteiger partial charge in [0.2, 0.25) is 0 Å². The molecule has 13 heavy (non-hydrogen) atoms. The van der Waals surface area contributed by atoms with Crippen LogP contribution in [0.2, 0.25) is 0 Å². The van der Waals surface area contributed by atoms with Gasteiger partial charge in [-0.2, -0.15) is 5.26 Å². The molecule has 0 bridgehead atoms. The smallest absolute Gasteiger partial charge is 0.185 e. The minimum atomic E-state index is -0.192. The molecule has 0 saturated carbocycles. The standard InChI is InChI=1S/C9H15BN2O/c10-12-6-3-9(8-13,4-7-12)2-1-5-11/h8H,1-4,6-7,10H2. The molecule has 0 unspecified atom stereocenters. The molecule has 1 aliphatic heterocycles. The Labute approximate surface area is 80.1 Å². The molecule has 0 aromatic heterocycles. The van der Waals surface area contributed by atoms with E-state index in [2.05, 4.69) is 18.9 Å². The zero-order valence-electron chi connectivity index (χ0n) is 8.12. The fourth-order valence-corrected chi connectivity index (χ4v) is 1.80. The molecule has 1 aliphatic rings. The average molecular weight is 178 g/mol. The van der Waals surface area contributed by atoms with Crippen LogP contribution in [0.3, 0.4) is 0 Å². The number of rotatable bonds is 3. The molecule has 0 atom stereocenters. The Bertz CT molecular complexity index is 216. The van der Waals surface area contributed by atoms with Crippen LogP contribution in [-0.2, 0) is 4.79 Å². The molecule has 1 rings (SSSR count). The number of aldehydes is 1. The van der Waals surface area contributed by atoms with Gasteiger partial charge < -0.3 is 9.61 Å². The van der Waals surface area contributed by atoms with E-state index in [1.165, 1.54) is 0 Å². The predicted molar refractivity (Wildman–Crippen MR) is 52.7 cm³/mol. The SMILES string of the molecule is BN1CCC(C=O)(CCC#N)CC1. The van der Waals surface area contributed by atoms with Crippen molar-refractivity contribution in [2.24, 2.45) is 5.41 Å².